The number of carbonyl (C=O) groups is 1. The van der Waals surface area contributed by atoms with E-state index in [1.165, 1.54) is 24.8 Å². The van der Waals surface area contributed by atoms with E-state index in [0.717, 1.165) is 24.3 Å². The van der Waals surface area contributed by atoms with Crippen molar-refractivity contribution in [2.45, 2.75) is 52.1 Å². The zero-order chi connectivity index (χ0) is 19.8. The molecule has 6 heteroatoms. The van der Waals surface area contributed by atoms with Crippen LogP contribution in [0.15, 0.2) is 48.3 Å². The van der Waals surface area contributed by atoms with Gasteiger partial charge in [0, 0.05) is 24.6 Å². The Morgan fingerprint density at radius 2 is 1.89 bits per heavy atom. The van der Waals surface area contributed by atoms with E-state index in [9.17, 15) is 4.79 Å². The van der Waals surface area contributed by atoms with Crippen LogP contribution >= 0.6 is 0 Å². The number of allylic oxidation sites excluding steroid dienone is 1. The van der Waals surface area contributed by atoms with Gasteiger partial charge in [-0.25, -0.2) is 9.97 Å². The summed E-state index contributed by atoms with van der Waals surface area (Å²) in [6.07, 6.45) is 11.3. The Kier molecular flexibility index (Phi) is 7.00. The molecule has 1 aliphatic carbocycles. The Morgan fingerprint density at radius 1 is 1.14 bits per heavy atom. The molecule has 0 radical (unpaired) electrons. The van der Waals surface area contributed by atoms with Gasteiger partial charge in [-0.15, -0.1) is 0 Å². The van der Waals surface area contributed by atoms with E-state index in [1.807, 2.05) is 38.1 Å². The molecule has 1 heterocycles. The first-order valence-electron chi connectivity index (χ1n) is 9.92. The minimum absolute atomic E-state index is 0.139. The predicted octanol–water partition coefficient (Wildman–Crippen LogP) is 4.63. The zero-order valence-electron chi connectivity index (χ0n) is 16.6. The number of ether oxygens (including phenoxy) is 1. The number of carbonyl (C=O) groups excluding carboxylic acids is 1. The molecule has 6 nitrogen and oxygen atoms in total. The van der Waals surface area contributed by atoms with Gasteiger partial charge in [-0.1, -0.05) is 11.6 Å². The molecule has 1 aliphatic rings. The summed E-state index contributed by atoms with van der Waals surface area (Å²) < 4.78 is 5.63. The van der Waals surface area contributed by atoms with Gasteiger partial charge < -0.3 is 15.4 Å². The highest BCUT2D eigenvalue weighted by atomic mass is 16.5. The number of amides is 1. The first-order chi connectivity index (χ1) is 13.6. The van der Waals surface area contributed by atoms with Crippen molar-refractivity contribution in [3.8, 4) is 5.75 Å². The van der Waals surface area contributed by atoms with Gasteiger partial charge in [0.2, 0.25) is 5.95 Å². The van der Waals surface area contributed by atoms with Gasteiger partial charge in [0.1, 0.15) is 5.75 Å². The molecule has 0 saturated carbocycles. The average Bonchev–Trinajstić information content (AvgIpc) is 2.70. The number of nitrogens with one attached hydrogen (secondary N) is 2. The Labute approximate surface area is 166 Å². The second kappa shape index (κ2) is 9.88. The fraction of sp³-hybridized carbons (Fsp3) is 0.409. The Balaban J connectivity index is 1.48. The van der Waals surface area contributed by atoms with Crippen LogP contribution in [0.25, 0.3) is 0 Å². The molecule has 1 aromatic carbocycles. The van der Waals surface area contributed by atoms with Gasteiger partial charge in [-0.2, -0.15) is 0 Å². The fourth-order valence-corrected chi connectivity index (χ4v) is 3.10. The van der Waals surface area contributed by atoms with Crippen LogP contribution in [0.3, 0.4) is 0 Å². The third-order valence-corrected chi connectivity index (χ3v) is 4.51. The molecule has 3 rings (SSSR count). The quantitative estimate of drug-likeness (QED) is 0.653. The van der Waals surface area contributed by atoms with Crippen LogP contribution in [0.2, 0.25) is 0 Å². The molecule has 0 saturated heterocycles. The second-order valence-electron chi connectivity index (χ2n) is 7.23. The highest BCUT2D eigenvalue weighted by molar-refractivity contribution is 5.93. The van der Waals surface area contributed by atoms with Gasteiger partial charge in [-0.05, 0) is 70.2 Å². The number of hydrogen-bond donors (Lipinski definition) is 2. The highest BCUT2D eigenvalue weighted by Crippen LogP contribution is 2.20. The minimum atomic E-state index is -0.141. The number of benzene rings is 1. The van der Waals surface area contributed by atoms with Crippen LogP contribution in [0, 0.1) is 0 Å². The summed E-state index contributed by atoms with van der Waals surface area (Å²) in [5.41, 5.74) is 2.77. The molecule has 0 aliphatic heterocycles. The van der Waals surface area contributed by atoms with Gasteiger partial charge in [0.25, 0.3) is 5.91 Å². The number of hydrogen-bond acceptors (Lipinski definition) is 5. The van der Waals surface area contributed by atoms with Gasteiger partial charge in [-0.3, -0.25) is 4.79 Å². The van der Waals surface area contributed by atoms with E-state index in [4.69, 9.17) is 4.74 Å². The van der Waals surface area contributed by atoms with Gasteiger partial charge >= 0.3 is 0 Å². The molecule has 1 aromatic heterocycles. The van der Waals surface area contributed by atoms with E-state index >= 15 is 0 Å². The van der Waals surface area contributed by atoms with Crippen LogP contribution in [0.4, 0.5) is 11.6 Å². The molecular formula is C22H28N4O2. The molecule has 1 amide bonds. The molecule has 28 heavy (non-hydrogen) atoms. The largest absolute Gasteiger partial charge is 0.491 e. The van der Waals surface area contributed by atoms with Crippen LogP contribution < -0.4 is 15.4 Å². The van der Waals surface area contributed by atoms with Crippen molar-refractivity contribution in [3.63, 3.8) is 0 Å². The van der Waals surface area contributed by atoms with E-state index in [1.54, 1.807) is 12.4 Å². The Hall–Kier alpha value is -2.89. The molecule has 0 unspecified atom stereocenters. The van der Waals surface area contributed by atoms with E-state index in [2.05, 4.69) is 26.7 Å². The Morgan fingerprint density at radius 3 is 2.54 bits per heavy atom. The maximum absolute atomic E-state index is 12.2. The summed E-state index contributed by atoms with van der Waals surface area (Å²) in [5.74, 6) is 1.12. The molecular weight excluding hydrogens is 352 g/mol. The van der Waals surface area contributed by atoms with Crippen molar-refractivity contribution in [2.75, 3.05) is 11.9 Å². The average molecular weight is 380 g/mol. The number of rotatable bonds is 8. The molecule has 148 valence electrons. The number of anilines is 2. The summed E-state index contributed by atoms with van der Waals surface area (Å²) in [4.78, 5) is 20.7. The van der Waals surface area contributed by atoms with Crippen molar-refractivity contribution < 1.29 is 9.53 Å². The first-order valence-corrected chi connectivity index (χ1v) is 9.92. The van der Waals surface area contributed by atoms with Gasteiger partial charge in [0.15, 0.2) is 0 Å². The predicted molar refractivity (Wildman–Crippen MR) is 111 cm³/mol. The molecule has 0 spiro atoms. The lowest BCUT2D eigenvalue weighted by atomic mass is 9.97. The monoisotopic (exact) mass is 380 g/mol. The van der Waals surface area contributed by atoms with Gasteiger partial charge in [0.05, 0.1) is 11.7 Å². The summed E-state index contributed by atoms with van der Waals surface area (Å²) in [7, 11) is 0. The minimum Gasteiger partial charge on any atom is -0.491 e. The maximum Gasteiger partial charge on any atom is 0.254 e. The molecule has 0 fully saturated rings. The van der Waals surface area contributed by atoms with E-state index in [-0.39, 0.29) is 12.0 Å². The second-order valence-corrected chi connectivity index (χ2v) is 7.23. The summed E-state index contributed by atoms with van der Waals surface area (Å²) >= 11 is 0. The van der Waals surface area contributed by atoms with Crippen LogP contribution in [0.1, 0.15) is 56.3 Å². The van der Waals surface area contributed by atoms with Crippen molar-refractivity contribution in [3.05, 3.63) is 53.9 Å². The van der Waals surface area contributed by atoms with Crippen molar-refractivity contribution in [1.82, 2.24) is 15.3 Å². The molecule has 0 bridgehead atoms. The lowest BCUT2D eigenvalue weighted by molar-refractivity contribution is 0.0953. The zero-order valence-corrected chi connectivity index (χ0v) is 16.6. The smallest absolute Gasteiger partial charge is 0.254 e. The number of aromatic nitrogens is 2. The van der Waals surface area contributed by atoms with Crippen LogP contribution in [0.5, 0.6) is 5.75 Å². The van der Waals surface area contributed by atoms with E-state index < -0.39 is 0 Å². The highest BCUT2D eigenvalue weighted by Gasteiger charge is 2.09. The number of nitrogens with zero attached hydrogens (tertiary/aromatic N) is 2. The van der Waals surface area contributed by atoms with Crippen LogP contribution in [-0.4, -0.2) is 28.5 Å². The van der Waals surface area contributed by atoms with E-state index in [0.29, 0.717) is 18.1 Å². The van der Waals surface area contributed by atoms with Crippen molar-refractivity contribution >= 4 is 17.5 Å². The molecule has 0 atom stereocenters. The van der Waals surface area contributed by atoms with Crippen LogP contribution in [-0.2, 0) is 0 Å². The Bertz CT molecular complexity index is 798. The summed E-state index contributed by atoms with van der Waals surface area (Å²) in [5, 5.41) is 6.06. The summed E-state index contributed by atoms with van der Waals surface area (Å²) in [6.45, 7) is 4.63. The fourth-order valence-electron chi connectivity index (χ4n) is 3.10. The third-order valence-electron chi connectivity index (χ3n) is 4.51. The normalized spacial score (nSPS) is 13.8. The topological polar surface area (TPSA) is 76.1 Å². The first kappa shape index (κ1) is 19.9. The third kappa shape index (κ3) is 6.08. The lowest BCUT2D eigenvalue weighted by Crippen LogP contribution is -2.25. The SMILES string of the molecule is CC(C)Oc1ccc(Nc2ncc(C(=O)NCCC3=CCCCC3)cn2)cc1. The standard InChI is InChI=1S/C22H28N4O2/c1-16(2)28-20-10-8-19(9-11-20)26-22-24-14-18(15-25-22)21(27)23-13-12-17-6-4-3-5-7-17/h6,8-11,14-16H,3-5,7,12-13H2,1-2H3,(H,23,27)(H,24,25,26). The van der Waals surface area contributed by atoms with Crippen molar-refractivity contribution in [2.24, 2.45) is 0 Å². The van der Waals surface area contributed by atoms with Crippen molar-refractivity contribution in [1.29, 1.82) is 0 Å². The molecule has 2 aromatic rings. The maximum atomic E-state index is 12.2. The molecule has 2 N–H and O–H groups in total. The lowest BCUT2D eigenvalue weighted by Gasteiger charge is -2.13. The summed E-state index contributed by atoms with van der Waals surface area (Å²) in [6, 6.07) is 7.60.